The molecule has 2 N–H and O–H groups in total. The molecule has 1 rings (SSSR count). The van der Waals surface area contributed by atoms with Gasteiger partial charge in [-0.05, 0) is 32.0 Å². The largest absolute Gasteiger partial charge is 0.480 e. The van der Waals surface area contributed by atoms with Crippen molar-refractivity contribution in [2.45, 2.75) is 13.8 Å². The number of hydrogen-bond acceptors (Lipinski definition) is 5. The molecule has 0 unspecified atom stereocenters. The van der Waals surface area contributed by atoms with Gasteiger partial charge in [0.25, 0.3) is 5.95 Å². The number of anilines is 1. The van der Waals surface area contributed by atoms with Crippen molar-refractivity contribution in [3.8, 4) is 0 Å². The van der Waals surface area contributed by atoms with Crippen LogP contribution in [0.4, 0.5) is 10.1 Å². The van der Waals surface area contributed by atoms with Gasteiger partial charge in [0.05, 0.1) is 18.2 Å². The molecule has 0 atom stereocenters. The normalized spacial score (nSPS) is 11.5. The number of ether oxygens (including phenoxy) is 2. The van der Waals surface area contributed by atoms with E-state index in [4.69, 9.17) is 33.3 Å². The minimum atomic E-state index is -0.834. The number of aliphatic hydroxyl groups excluding tert-OH is 1. The summed E-state index contributed by atoms with van der Waals surface area (Å²) >= 11 is 10.7. The molecule has 0 aliphatic carbocycles. The van der Waals surface area contributed by atoms with E-state index in [9.17, 15) is 14.3 Å². The van der Waals surface area contributed by atoms with Crippen LogP contribution in [0.25, 0.3) is 0 Å². The van der Waals surface area contributed by atoms with Gasteiger partial charge in [-0.3, -0.25) is 0 Å². The van der Waals surface area contributed by atoms with Crippen molar-refractivity contribution in [2.75, 3.05) is 18.5 Å². The zero-order valence-electron chi connectivity index (χ0n) is 12.0. The number of rotatable bonds is 6. The first kappa shape index (κ1) is 18.2. The standard InChI is InChI=1S/C14H15ClFNO4S/c1-3-20-13(18)11(14(19)21-4-2)12(22)17-8-5-6-10(16)9(15)7-8/h5-7,18H,3-4H2,1-2H3,(H,17,22). The Morgan fingerprint density at radius 1 is 1.36 bits per heavy atom. The third-order valence-electron chi connectivity index (χ3n) is 2.38. The Hall–Kier alpha value is -1.86. The van der Waals surface area contributed by atoms with Gasteiger partial charge in [0.2, 0.25) is 0 Å². The molecule has 0 aromatic heterocycles. The first-order chi connectivity index (χ1) is 10.4. The molecule has 0 aliphatic rings. The highest BCUT2D eigenvalue weighted by Gasteiger charge is 2.23. The van der Waals surface area contributed by atoms with Gasteiger partial charge in [0, 0.05) is 5.69 Å². The van der Waals surface area contributed by atoms with Crippen molar-refractivity contribution in [3.05, 3.63) is 40.6 Å². The average Bonchev–Trinajstić information content (AvgIpc) is 2.43. The molecule has 0 radical (unpaired) electrons. The first-order valence-electron chi connectivity index (χ1n) is 6.40. The summed E-state index contributed by atoms with van der Waals surface area (Å²) in [5.74, 6) is -2.07. The number of aliphatic hydroxyl groups is 1. The minimum absolute atomic E-state index is 0.104. The van der Waals surface area contributed by atoms with E-state index in [0.717, 1.165) is 6.07 Å². The fraction of sp³-hybridized carbons (Fsp3) is 0.286. The van der Waals surface area contributed by atoms with E-state index < -0.39 is 17.7 Å². The van der Waals surface area contributed by atoms with Crippen LogP contribution in [0.5, 0.6) is 0 Å². The highest BCUT2D eigenvalue weighted by Crippen LogP contribution is 2.20. The van der Waals surface area contributed by atoms with Crippen LogP contribution in [0.3, 0.4) is 0 Å². The second-order valence-electron chi connectivity index (χ2n) is 3.92. The second kappa shape index (κ2) is 8.55. The SMILES string of the molecule is CCOC(=O)C(C(=S)Nc1ccc(F)c(Cl)c1)=C(O)OCC. The lowest BCUT2D eigenvalue weighted by Crippen LogP contribution is -2.23. The molecule has 1 aromatic carbocycles. The highest BCUT2D eigenvalue weighted by atomic mass is 35.5. The van der Waals surface area contributed by atoms with Crippen LogP contribution in [0.1, 0.15) is 13.8 Å². The van der Waals surface area contributed by atoms with Gasteiger partial charge >= 0.3 is 5.97 Å². The van der Waals surface area contributed by atoms with Crippen molar-refractivity contribution in [3.63, 3.8) is 0 Å². The van der Waals surface area contributed by atoms with E-state index in [1.165, 1.54) is 12.1 Å². The van der Waals surface area contributed by atoms with Crippen molar-refractivity contribution < 1.29 is 23.8 Å². The van der Waals surface area contributed by atoms with E-state index in [1.807, 2.05) is 0 Å². The minimum Gasteiger partial charge on any atom is -0.480 e. The fourth-order valence-corrected chi connectivity index (χ4v) is 1.93. The molecule has 120 valence electrons. The number of thiocarbonyl (C=S) groups is 1. The summed E-state index contributed by atoms with van der Waals surface area (Å²) in [7, 11) is 0. The van der Waals surface area contributed by atoms with Crippen LogP contribution in [-0.4, -0.2) is 29.3 Å². The Kier molecular flexibility index (Phi) is 7.07. The summed E-state index contributed by atoms with van der Waals surface area (Å²) in [5, 5.41) is 12.4. The van der Waals surface area contributed by atoms with Crippen LogP contribution in [-0.2, 0) is 14.3 Å². The highest BCUT2D eigenvalue weighted by molar-refractivity contribution is 7.81. The second-order valence-corrected chi connectivity index (χ2v) is 4.73. The van der Waals surface area contributed by atoms with Crippen molar-refractivity contribution in [2.24, 2.45) is 0 Å². The topological polar surface area (TPSA) is 67.8 Å². The lowest BCUT2D eigenvalue weighted by molar-refractivity contribution is -0.138. The summed E-state index contributed by atoms with van der Waals surface area (Å²) in [5.41, 5.74) is 0.0293. The van der Waals surface area contributed by atoms with Crippen molar-refractivity contribution in [1.82, 2.24) is 0 Å². The molecule has 1 aromatic rings. The van der Waals surface area contributed by atoms with Gasteiger partial charge in [0.15, 0.2) is 5.57 Å². The molecule has 0 bridgehead atoms. The number of carbonyl (C=O) groups is 1. The third kappa shape index (κ3) is 4.85. The van der Waals surface area contributed by atoms with Gasteiger partial charge in [-0.25, -0.2) is 9.18 Å². The number of benzene rings is 1. The molecule has 0 amide bonds. The average molecular weight is 348 g/mol. The zero-order chi connectivity index (χ0) is 16.7. The van der Waals surface area contributed by atoms with Crippen molar-refractivity contribution >= 4 is 40.5 Å². The van der Waals surface area contributed by atoms with E-state index >= 15 is 0 Å². The lowest BCUT2D eigenvalue weighted by Gasteiger charge is -2.13. The van der Waals surface area contributed by atoms with Crippen LogP contribution in [0, 0.1) is 5.82 Å². The summed E-state index contributed by atoms with van der Waals surface area (Å²) in [4.78, 5) is 11.7. The molecule has 0 saturated heterocycles. The number of esters is 1. The molecular formula is C14H15ClFNO4S. The Morgan fingerprint density at radius 3 is 2.55 bits per heavy atom. The van der Waals surface area contributed by atoms with Crippen LogP contribution in [0.15, 0.2) is 29.7 Å². The molecule has 0 spiro atoms. The predicted molar refractivity (Wildman–Crippen MR) is 85.5 cm³/mol. The van der Waals surface area contributed by atoms with Crippen LogP contribution < -0.4 is 5.32 Å². The Balaban J connectivity index is 3.04. The number of halogens is 2. The first-order valence-corrected chi connectivity index (χ1v) is 7.18. The number of nitrogens with one attached hydrogen (secondary N) is 1. The maximum atomic E-state index is 13.1. The summed E-state index contributed by atoms with van der Waals surface area (Å²) < 4.78 is 22.8. The summed E-state index contributed by atoms with van der Waals surface area (Å²) in [6.45, 7) is 3.49. The molecule has 0 aliphatic heterocycles. The third-order valence-corrected chi connectivity index (χ3v) is 2.97. The summed E-state index contributed by atoms with van der Waals surface area (Å²) in [6.07, 6.45) is 0. The maximum Gasteiger partial charge on any atom is 0.348 e. The van der Waals surface area contributed by atoms with Crippen molar-refractivity contribution in [1.29, 1.82) is 0 Å². The molecule has 5 nitrogen and oxygen atoms in total. The molecule has 22 heavy (non-hydrogen) atoms. The molecule has 0 heterocycles. The van der Waals surface area contributed by atoms with E-state index in [0.29, 0.717) is 5.69 Å². The summed E-state index contributed by atoms with van der Waals surface area (Å²) in [6, 6.07) is 3.82. The Bertz CT molecular complexity index is 607. The smallest absolute Gasteiger partial charge is 0.348 e. The van der Waals surface area contributed by atoms with Crippen LogP contribution >= 0.6 is 23.8 Å². The lowest BCUT2D eigenvalue weighted by atomic mass is 10.2. The van der Waals surface area contributed by atoms with Gasteiger partial charge < -0.3 is 19.9 Å². The van der Waals surface area contributed by atoms with E-state index in [2.05, 4.69) is 5.32 Å². The fourth-order valence-electron chi connectivity index (χ4n) is 1.46. The number of carbonyl (C=O) groups excluding carboxylic acids is 1. The quantitative estimate of drug-likeness (QED) is 0.355. The monoisotopic (exact) mass is 347 g/mol. The van der Waals surface area contributed by atoms with Gasteiger partial charge in [-0.1, -0.05) is 23.8 Å². The Morgan fingerprint density at radius 2 is 2.00 bits per heavy atom. The van der Waals surface area contributed by atoms with Gasteiger partial charge in [-0.2, -0.15) is 0 Å². The van der Waals surface area contributed by atoms with E-state index in [1.54, 1.807) is 13.8 Å². The predicted octanol–water partition coefficient (Wildman–Crippen LogP) is 3.59. The molecule has 0 fully saturated rings. The van der Waals surface area contributed by atoms with Crippen LogP contribution in [0.2, 0.25) is 5.02 Å². The van der Waals surface area contributed by atoms with Gasteiger partial charge in [0.1, 0.15) is 10.8 Å². The zero-order valence-corrected chi connectivity index (χ0v) is 13.6. The molecule has 8 heteroatoms. The van der Waals surface area contributed by atoms with Gasteiger partial charge in [-0.15, -0.1) is 0 Å². The van der Waals surface area contributed by atoms with E-state index in [-0.39, 0.29) is 28.8 Å². The Labute approximate surface area is 137 Å². The molecule has 0 saturated carbocycles. The number of hydrogen-bond donors (Lipinski definition) is 2. The maximum absolute atomic E-state index is 13.1. The molecular weight excluding hydrogens is 333 g/mol.